The highest BCUT2D eigenvalue weighted by Crippen LogP contribution is 2.41. The Hall–Kier alpha value is -3.62. The van der Waals surface area contributed by atoms with Gasteiger partial charge in [0.05, 0.1) is 23.8 Å². The highest BCUT2D eigenvalue weighted by atomic mass is 16.5. The van der Waals surface area contributed by atoms with Gasteiger partial charge in [-0.3, -0.25) is 9.59 Å². The predicted molar refractivity (Wildman–Crippen MR) is 126 cm³/mol. The standard InChI is InChI=1S/C25H30N4O5/c1-25(2,3)11-18-22-16(10-17(15-6-7-15)28-24(22)34-29-18)23(31)27-12-14-5-8-19(20(9-14)32-4)33-13-21(26)30/h5,8-10,15H,6-7,11-13H2,1-4H3,(H2,26,30)(H,27,31). The number of carbonyl (C=O) groups is 2. The summed E-state index contributed by atoms with van der Waals surface area (Å²) in [5.41, 5.74) is 8.47. The lowest BCUT2D eigenvalue weighted by atomic mass is 9.89. The summed E-state index contributed by atoms with van der Waals surface area (Å²) in [6.45, 7) is 6.37. The Kier molecular flexibility index (Phi) is 6.45. The van der Waals surface area contributed by atoms with Crippen LogP contribution in [0.1, 0.15) is 66.8 Å². The number of carbonyl (C=O) groups excluding carboxylic acids is 2. The van der Waals surface area contributed by atoms with Crippen LogP contribution < -0.4 is 20.5 Å². The number of ether oxygens (including phenoxy) is 2. The summed E-state index contributed by atoms with van der Waals surface area (Å²) in [6.07, 6.45) is 2.79. The van der Waals surface area contributed by atoms with E-state index < -0.39 is 5.91 Å². The summed E-state index contributed by atoms with van der Waals surface area (Å²) in [4.78, 5) is 29.0. The molecular weight excluding hydrogens is 436 g/mol. The zero-order valence-electron chi connectivity index (χ0n) is 19.9. The third-order valence-corrected chi connectivity index (χ3v) is 5.53. The van der Waals surface area contributed by atoms with Gasteiger partial charge < -0.3 is 25.0 Å². The SMILES string of the molecule is COc1cc(CNC(=O)c2cc(C3CC3)nc3onc(CC(C)(C)C)c23)ccc1OCC(N)=O. The van der Waals surface area contributed by atoms with Crippen LogP contribution in [0.2, 0.25) is 0 Å². The Morgan fingerprint density at radius 1 is 1.21 bits per heavy atom. The minimum absolute atomic E-state index is 0.0262. The van der Waals surface area contributed by atoms with E-state index in [4.69, 9.17) is 19.7 Å². The molecule has 0 bridgehead atoms. The van der Waals surface area contributed by atoms with Gasteiger partial charge in [-0.05, 0) is 48.4 Å². The van der Waals surface area contributed by atoms with Gasteiger partial charge in [0.1, 0.15) is 0 Å². The van der Waals surface area contributed by atoms with Gasteiger partial charge in [-0.1, -0.05) is 32.0 Å². The van der Waals surface area contributed by atoms with Crippen molar-refractivity contribution in [1.29, 1.82) is 0 Å². The molecule has 0 saturated heterocycles. The monoisotopic (exact) mass is 466 g/mol. The fraction of sp³-hybridized carbons (Fsp3) is 0.440. The van der Waals surface area contributed by atoms with Crippen LogP contribution in [0.4, 0.5) is 0 Å². The molecule has 1 aliphatic carbocycles. The lowest BCUT2D eigenvalue weighted by molar-refractivity contribution is -0.119. The van der Waals surface area contributed by atoms with Crippen molar-refractivity contribution in [3.8, 4) is 11.5 Å². The number of primary amides is 1. The van der Waals surface area contributed by atoms with Crippen LogP contribution in [0.5, 0.6) is 11.5 Å². The van der Waals surface area contributed by atoms with Crippen molar-refractivity contribution < 1.29 is 23.6 Å². The van der Waals surface area contributed by atoms with E-state index in [2.05, 4.69) is 36.2 Å². The molecule has 0 aliphatic heterocycles. The number of nitrogens with one attached hydrogen (secondary N) is 1. The zero-order chi connectivity index (χ0) is 24.5. The second kappa shape index (κ2) is 9.32. The molecule has 1 saturated carbocycles. The maximum Gasteiger partial charge on any atom is 0.259 e. The Bertz CT molecular complexity index is 1220. The van der Waals surface area contributed by atoms with Gasteiger partial charge in [0.25, 0.3) is 17.5 Å². The van der Waals surface area contributed by atoms with Gasteiger partial charge >= 0.3 is 0 Å². The maximum absolute atomic E-state index is 13.3. The summed E-state index contributed by atoms with van der Waals surface area (Å²) in [6, 6.07) is 7.10. The van der Waals surface area contributed by atoms with Crippen LogP contribution in [0.3, 0.4) is 0 Å². The first-order valence-corrected chi connectivity index (χ1v) is 11.3. The number of nitrogens with two attached hydrogens (primary N) is 1. The van der Waals surface area contributed by atoms with E-state index >= 15 is 0 Å². The van der Waals surface area contributed by atoms with E-state index in [9.17, 15) is 9.59 Å². The Morgan fingerprint density at radius 2 is 1.97 bits per heavy atom. The van der Waals surface area contributed by atoms with Crippen molar-refractivity contribution in [3.05, 3.63) is 46.8 Å². The fourth-order valence-electron chi connectivity index (χ4n) is 3.79. The minimum Gasteiger partial charge on any atom is -0.493 e. The average Bonchev–Trinajstić information content (AvgIpc) is 3.56. The molecular formula is C25H30N4O5. The lowest BCUT2D eigenvalue weighted by Crippen LogP contribution is -2.24. The molecule has 2 amide bonds. The number of fused-ring (bicyclic) bond motifs is 1. The van der Waals surface area contributed by atoms with Crippen molar-refractivity contribution in [2.24, 2.45) is 11.1 Å². The van der Waals surface area contributed by atoms with E-state index in [0.717, 1.165) is 29.8 Å². The third kappa shape index (κ3) is 5.47. The zero-order valence-corrected chi connectivity index (χ0v) is 19.9. The molecule has 3 aromatic rings. The quantitative estimate of drug-likeness (QED) is 0.494. The van der Waals surface area contributed by atoms with Crippen LogP contribution in [0.15, 0.2) is 28.8 Å². The largest absolute Gasteiger partial charge is 0.493 e. The number of nitrogens with zero attached hydrogens (tertiary/aromatic N) is 2. The number of aromatic nitrogens is 2. The van der Waals surface area contributed by atoms with Crippen LogP contribution in [-0.2, 0) is 17.8 Å². The molecule has 180 valence electrons. The van der Waals surface area contributed by atoms with Gasteiger partial charge in [-0.25, -0.2) is 4.98 Å². The van der Waals surface area contributed by atoms with Gasteiger partial charge in [-0.2, -0.15) is 0 Å². The van der Waals surface area contributed by atoms with E-state index in [-0.39, 0.29) is 24.5 Å². The third-order valence-electron chi connectivity index (χ3n) is 5.53. The van der Waals surface area contributed by atoms with E-state index in [1.165, 1.54) is 7.11 Å². The Balaban J connectivity index is 1.58. The maximum atomic E-state index is 13.3. The molecule has 1 fully saturated rings. The molecule has 9 nitrogen and oxygen atoms in total. The normalized spacial score (nSPS) is 13.6. The molecule has 1 aromatic carbocycles. The molecule has 2 aromatic heterocycles. The summed E-state index contributed by atoms with van der Waals surface area (Å²) in [5, 5.41) is 7.90. The topological polar surface area (TPSA) is 130 Å². The summed E-state index contributed by atoms with van der Waals surface area (Å²) in [7, 11) is 1.50. The van der Waals surface area contributed by atoms with E-state index in [1.54, 1.807) is 18.2 Å². The number of hydrogen-bond acceptors (Lipinski definition) is 7. The average molecular weight is 467 g/mol. The van der Waals surface area contributed by atoms with E-state index in [1.807, 2.05) is 6.07 Å². The van der Waals surface area contributed by atoms with Gasteiger partial charge in [-0.15, -0.1) is 0 Å². The minimum atomic E-state index is -0.577. The lowest BCUT2D eigenvalue weighted by Gasteiger charge is -2.16. The number of benzene rings is 1. The number of pyridine rings is 1. The molecule has 3 N–H and O–H groups in total. The van der Waals surface area contributed by atoms with Crippen molar-refractivity contribution in [3.63, 3.8) is 0 Å². The molecule has 9 heteroatoms. The van der Waals surface area contributed by atoms with Crippen molar-refractivity contribution in [2.75, 3.05) is 13.7 Å². The first-order valence-electron chi connectivity index (χ1n) is 11.3. The highest BCUT2D eigenvalue weighted by molar-refractivity contribution is 6.06. The fourth-order valence-corrected chi connectivity index (χ4v) is 3.79. The number of hydrogen-bond donors (Lipinski definition) is 2. The highest BCUT2D eigenvalue weighted by Gasteiger charge is 2.30. The molecule has 0 spiro atoms. The van der Waals surface area contributed by atoms with Gasteiger partial charge in [0.2, 0.25) is 0 Å². The second-order valence-corrected chi connectivity index (χ2v) is 9.84. The summed E-state index contributed by atoms with van der Waals surface area (Å²) < 4.78 is 16.3. The van der Waals surface area contributed by atoms with Crippen molar-refractivity contribution in [1.82, 2.24) is 15.5 Å². The van der Waals surface area contributed by atoms with E-state index in [0.29, 0.717) is 40.5 Å². The van der Waals surface area contributed by atoms with Crippen LogP contribution in [0.25, 0.3) is 11.1 Å². The Morgan fingerprint density at radius 3 is 2.62 bits per heavy atom. The van der Waals surface area contributed by atoms with Gasteiger partial charge in [0.15, 0.2) is 18.1 Å². The first-order chi connectivity index (χ1) is 16.1. The number of methoxy groups -OCH3 is 1. The molecule has 0 atom stereocenters. The Labute approximate surface area is 198 Å². The number of amides is 2. The molecule has 0 unspecified atom stereocenters. The second-order valence-electron chi connectivity index (χ2n) is 9.84. The molecule has 4 rings (SSSR count). The summed E-state index contributed by atoms with van der Waals surface area (Å²) >= 11 is 0. The number of rotatable bonds is 9. The van der Waals surface area contributed by atoms with Crippen molar-refractivity contribution >= 4 is 22.9 Å². The first kappa shape index (κ1) is 23.5. The van der Waals surface area contributed by atoms with Crippen LogP contribution in [-0.4, -0.2) is 35.7 Å². The molecule has 34 heavy (non-hydrogen) atoms. The molecule has 0 radical (unpaired) electrons. The smallest absolute Gasteiger partial charge is 0.259 e. The van der Waals surface area contributed by atoms with Crippen molar-refractivity contribution in [2.45, 2.75) is 52.5 Å². The van der Waals surface area contributed by atoms with Crippen LogP contribution >= 0.6 is 0 Å². The summed E-state index contributed by atoms with van der Waals surface area (Å²) in [5.74, 6) is 0.414. The predicted octanol–water partition coefficient (Wildman–Crippen LogP) is 3.49. The molecule has 1 aliphatic rings. The van der Waals surface area contributed by atoms with Gasteiger partial charge in [0, 0.05) is 18.2 Å². The molecule has 2 heterocycles. The van der Waals surface area contributed by atoms with Crippen LogP contribution in [0, 0.1) is 5.41 Å².